The fourth-order valence-electron chi connectivity index (χ4n) is 2.25. The number of fused-ring (bicyclic) bond motifs is 1. The van der Waals surface area contributed by atoms with E-state index in [9.17, 15) is 8.42 Å². The number of benzene rings is 1. The minimum atomic E-state index is -3.45. The molecule has 0 N–H and O–H groups in total. The molecule has 2 aliphatic heterocycles. The third kappa shape index (κ3) is 1.35. The van der Waals surface area contributed by atoms with Crippen LogP contribution in [0.2, 0.25) is 0 Å². The third-order valence-electron chi connectivity index (χ3n) is 3.02. The molecule has 0 saturated carbocycles. The standard InChI is InChI=1S/C11H12N2O2S/c14-16(15)10-6-2-1-5-9(10)11(12-16)13-7-3-4-8-13/h1-2,5-6H,3-4,7-8H2. The SMILES string of the molecule is O=S1(=O)N=C(N2CCCC2)c2ccccc21. The van der Waals surface area contributed by atoms with E-state index in [0.29, 0.717) is 10.7 Å². The van der Waals surface area contributed by atoms with Gasteiger partial charge in [-0.05, 0) is 25.0 Å². The normalized spacial score (nSPS) is 22.0. The van der Waals surface area contributed by atoms with Crippen LogP contribution in [0.3, 0.4) is 0 Å². The van der Waals surface area contributed by atoms with Crippen molar-refractivity contribution in [2.24, 2.45) is 4.40 Å². The number of hydrogen-bond acceptors (Lipinski definition) is 3. The average Bonchev–Trinajstić information content (AvgIpc) is 2.86. The summed E-state index contributed by atoms with van der Waals surface area (Å²) in [6, 6.07) is 7.04. The first-order valence-corrected chi connectivity index (χ1v) is 6.82. The van der Waals surface area contributed by atoms with Crippen LogP contribution in [-0.2, 0) is 10.0 Å². The minimum Gasteiger partial charge on any atom is -0.355 e. The van der Waals surface area contributed by atoms with E-state index < -0.39 is 10.0 Å². The molecule has 0 aliphatic carbocycles. The number of amidine groups is 1. The van der Waals surface area contributed by atoms with Crippen molar-refractivity contribution in [1.29, 1.82) is 0 Å². The van der Waals surface area contributed by atoms with Gasteiger partial charge in [-0.15, -0.1) is 4.40 Å². The van der Waals surface area contributed by atoms with Gasteiger partial charge in [0.15, 0.2) is 5.84 Å². The van der Waals surface area contributed by atoms with Gasteiger partial charge in [0, 0.05) is 18.7 Å². The van der Waals surface area contributed by atoms with Gasteiger partial charge in [0.25, 0.3) is 10.0 Å². The molecular weight excluding hydrogens is 224 g/mol. The molecule has 2 heterocycles. The molecule has 1 saturated heterocycles. The molecule has 0 radical (unpaired) electrons. The molecule has 3 rings (SSSR count). The number of rotatable bonds is 0. The van der Waals surface area contributed by atoms with E-state index in [4.69, 9.17) is 0 Å². The molecule has 16 heavy (non-hydrogen) atoms. The summed E-state index contributed by atoms with van der Waals surface area (Å²) in [5.41, 5.74) is 0.754. The largest absolute Gasteiger partial charge is 0.355 e. The Balaban J connectivity index is 2.15. The first kappa shape index (κ1) is 9.84. The van der Waals surface area contributed by atoms with Gasteiger partial charge in [-0.1, -0.05) is 12.1 Å². The van der Waals surface area contributed by atoms with Crippen molar-refractivity contribution in [3.63, 3.8) is 0 Å². The third-order valence-corrected chi connectivity index (χ3v) is 4.34. The fourth-order valence-corrected chi connectivity index (χ4v) is 3.47. The first-order valence-electron chi connectivity index (χ1n) is 5.38. The van der Waals surface area contributed by atoms with Gasteiger partial charge in [-0.2, -0.15) is 8.42 Å². The highest BCUT2D eigenvalue weighted by Gasteiger charge is 2.32. The molecule has 1 fully saturated rings. The lowest BCUT2D eigenvalue weighted by atomic mass is 10.2. The molecular formula is C11H12N2O2S. The van der Waals surface area contributed by atoms with E-state index in [1.54, 1.807) is 12.1 Å². The zero-order chi connectivity index (χ0) is 11.2. The number of sulfonamides is 1. The fraction of sp³-hybridized carbons (Fsp3) is 0.364. The Bertz CT molecular complexity index is 557. The van der Waals surface area contributed by atoms with Gasteiger partial charge in [-0.25, -0.2) is 0 Å². The van der Waals surface area contributed by atoms with Gasteiger partial charge >= 0.3 is 0 Å². The highest BCUT2D eigenvalue weighted by atomic mass is 32.2. The molecule has 1 aromatic carbocycles. The molecule has 1 aromatic rings. The van der Waals surface area contributed by atoms with Crippen molar-refractivity contribution in [3.8, 4) is 0 Å². The minimum absolute atomic E-state index is 0.344. The highest BCUT2D eigenvalue weighted by Crippen LogP contribution is 2.28. The zero-order valence-electron chi connectivity index (χ0n) is 8.76. The second-order valence-electron chi connectivity index (χ2n) is 4.08. The lowest BCUT2D eigenvalue weighted by molar-refractivity contribution is 0.521. The monoisotopic (exact) mass is 236 g/mol. The smallest absolute Gasteiger partial charge is 0.285 e. The van der Waals surface area contributed by atoms with E-state index in [-0.39, 0.29) is 0 Å². The Labute approximate surface area is 94.7 Å². The van der Waals surface area contributed by atoms with Crippen LogP contribution in [0.25, 0.3) is 0 Å². The van der Waals surface area contributed by atoms with E-state index in [1.807, 2.05) is 12.1 Å². The molecule has 4 nitrogen and oxygen atoms in total. The quantitative estimate of drug-likeness (QED) is 0.680. The van der Waals surface area contributed by atoms with Crippen molar-refractivity contribution in [2.45, 2.75) is 17.7 Å². The number of nitrogens with zero attached hydrogens (tertiary/aromatic N) is 2. The summed E-state index contributed by atoms with van der Waals surface area (Å²) in [5, 5.41) is 0. The van der Waals surface area contributed by atoms with Crippen LogP contribution in [0.5, 0.6) is 0 Å². The molecule has 2 aliphatic rings. The lowest BCUT2D eigenvalue weighted by Gasteiger charge is -2.16. The van der Waals surface area contributed by atoms with E-state index in [0.717, 1.165) is 31.5 Å². The van der Waals surface area contributed by atoms with Crippen LogP contribution in [0.1, 0.15) is 18.4 Å². The Kier molecular flexibility index (Phi) is 2.04. The Morgan fingerprint density at radius 3 is 2.56 bits per heavy atom. The van der Waals surface area contributed by atoms with Crippen LogP contribution in [0, 0.1) is 0 Å². The van der Waals surface area contributed by atoms with Gasteiger partial charge in [0.1, 0.15) is 4.90 Å². The van der Waals surface area contributed by atoms with Crippen molar-refractivity contribution >= 4 is 15.9 Å². The molecule has 0 spiro atoms. The maximum atomic E-state index is 11.8. The van der Waals surface area contributed by atoms with Crippen LogP contribution in [0.4, 0.5) is 0 Å². The summed E-state index contributed by atoms with van der Waals surface area (Å²) in [6.07, 6.45) is 2.22. The van der Waals surface area contributed by atoms with E-state index in [2.05, 4.69) is 9.30 Å². The lowest BCUT2D eigenvalue weighted by Crippen LogP contribution is -2.27. The van der Waals surface area contributed by atoms with Gasteiger partial charge in [-0.3, -0.25) is 0 Å². The second-order valence-corrected chi connectivity index (χ2v) is 5.65. The molecule has 84 valence electrons. The molecule has 0 aromatic heterocycles. The van der Waals surface area contributed by atoms with E-state index in [1.165, 1.54) is 0 Å². The molecule has 0 amide bonds. The number of likely N-dealkylation sites (tertiary alicyclic amines) is 1. The highest BCUT2D eigenvalue weighted by molar-refractivity contribution is 7.90. The molecule has 0 atom stereocenters. The summed E-state index contributed by atoms with van der Waals surface area (Å²) in [6.45, 7) is 1.81. The number of hydrogen-bond donors (Lipinski definition) is 0. The van der Waals surface area contributed by atoms with Crippen LogP contribution < -0.4 is 0 Å². The van der Waals surface area contributed by atoms with E-state index >= 15 is 0 Å². The Hall–Kier alpha value is -1.36. The van der Waals surface area contributed by atoms with Crippen LogP contribution in [-0.4, -0.2) is 32.2 Å². The van der Waals surface area contributed by atoms with Crippen molar-refractivity contribution in [1.82, 2.24) is 4.90 Å². The van der Waals surface area contributed by atoms with Crippen LogP contribution in [0.15, 0.2) is 33.6 Å². The predicted molar refractivity (Wildman–Crippen MR) is 61.0 cm³/mol. The van der Waals surface area contributed by atoms with Crippen molar-refractivity contribution < 1.29 is 8.42 Å². The summed E-state index contributed by atoms with van der Waals surface area (Å²) < 4.78 is 27.5. The summed E-state index contributed by atoms with van der Waals surface area (Å²) >= 11 is 0. The van der Waals surface area contributed by atoms with Crippen LogP contribution >= 0.6 is 0 Å². The second kappa shape index (κ2) is 3.31. The predicted octanol–water partition coefficient (Wildman–Crippen LogP) is 1.23. The van der Waals surface area contributed by atoms with Gasteiger partial charge in [0.05, 0.1) is 0 Å². The van der Waals surface area contributed by atoms with Crippen molar-refractivity contribution in [2.75, 3.05) is 13.1 Å². The first-order chi connectivity index (χ1) is 7.68. The summed E-state index contributed by atoms with van der Waals surface area (Å²) in [5.74, 6) is 0.633. The maximum Gasteiger partial charge on any atom is 0.285 e. The molecule has 0 unspecified atom stereocenters. The zero-order valence-corrected chi connectivity index (χ0v) is 9.57. The van der Waals surface area contributed by atoms with Gasteiger partial charge < -0.3 is 4.90 Å². The summed E-state index contributed by atoms with van der Waals surface area (Å²) in [4.78, 5) is 2.40. The van der Waals surface area contributed by atoms with Crippen molar-refractivity contribution in [3.05, 3.63) is 29.8 Å². The molecule has 0 bridgehead atoms. The molecule has 5 heteroatoms. The van der Waals surface area contributed by atoms with Gasteiger partial charge in [0.2, 0.25) is 0 Å². The topological polar surface area (TPSA) is 49.7 Å². The summed E-state index contributed by atoms with van der Waals surface area (Å²) in [7, 11) is -3.45. The Morgan fingerprint density at radius 1 is 1.12 bits per heavy atom. The maximum absolute atomic E-state index is 11.8. The average molecular weight is 236 g/mol. The Morgan fingerprint density at radius 2 is 1.81 bits per heavy atom.